The first kappa shape index (κ1) is 18.5. The molecular formula is C21H23N3O3. The summed E-state index contributed by atoms with van der Waals surface area (Å²) in [4.78, 5) is 12.8. The Bertz CT molecular complexity index is 932. The molecule has 6 heteroatoms. The Balaban J connectivity index is 1.80. The molecule has 0 unspecified atom stereocenters. The van der Waals surface area contributed by atoms with Crippen LogP contribution in [0.25, 0.3) is 11.3 Å². The highest BCUT2D eigenvalue weighted by Crippen LogP contribution is 2.30. The summed E-state index contributed by atoms with van der Waals surface area (Å²) in [5.41, 5.74) is 4.20. The average molecular weight is 365 g/mol. The normalized spacial score (nSPS) is 11.7. The van der Waals surface area contributed by atoms with E-state index in [1.807, 2.05) is 56.3 Å². The molecule has 6 nitrogen and oxygen atoms in total. The van der Waals surface area contributed by atoms with Crippen LogP contribution in [0.1, 0.15) is 34.5 Å². The summed E-state index contributed by atoms with van der Waals surface area (Å²) in [6, 6.07) is 13.3. The third-order valence-corrected chi connectivity index (χ3v) is 4.48. The van der Waals surface area contributed by atoms with Crippen molar-refractivity contribution in [2.24, 2.45) is 0 Å². The van der Waals surface area contributed by atoms with E-state index in [0.717, 1.165) is 16.7 Å². The molecule has 0 aliphatic rings. The van der Waals surface area contributed by atoms with Crippen LogP contribution in [0.15, 0.2) is 48.7 Å². The number of aryl methyl sites for hydroxylation is 1. The number of H-pyrrole nitrogens is 1. The van der Waals surface area contributed by atoms with E-state index in [4.69, 9.17) is 9.47 Å². The summed E-state index contributed by atoms with van der Waals surface area (Å²) in [7, 11) is 3.18. The Morgan fingerprint density at radius 1 is 1.07 bits per heavy atom. The fraction of sp³-hybridized carbons (Fsp3) is 0.238. The quantitative estimate of drug-likeness (QED) is 0.695. The number of nitrogens with zero attached hydrogens (tertiary/aromatic N) is 1. The van der Waals surface area contributed by atoms with Gasteiger partial charge >= 0.3 is 0 Å². The van der Waals surface area contributed by atoms with Crippen molar-refractivity contribution in [3.63, 3.8) is 0 Å². The zero-order valence-electron chi connectivity index (χ0n) is 15.9. The van der Waals surface area contributed by atoms with Crippen LogP contribution < -0.4 is 14.8 Å². The van der Waals surface area contributed by atoms with E-state index < -0.39 is 0 Å². The summed E-state index contributed by atoms with van der Waals surface area (Å²) in [6.45, 7) is 3.94. The first-order chi connectivity index (χ1) is 13.0. The number of benzene rings is 2. The Hall–Kier alpha value is -3.28. The summed E-state index contributed by atoms with van der Waals surface area (Å²) < 4.78 is 10.6. The van der Waals surface area contributed by atoms with E-state index in [1.165, 1.54) is 0 Å². The van der Waals surface area contributed by atoms with E-state index in [1.54, 1.807) is 20.4 Å². The summed E-state index contributed by atoms with van der Waals surface area (Å²) >= 11 is 0. The molecule has 2 aromatic carbocycles. The molecule has 0 bridgehead atoms. The SMILES string of the molecule is COc1ccc([C@@H](C)NC(=O)c2cn[nH]c2-c2ccc(C)cc2)cc1OC. The summed E-state index contributed by atoms with van der Waals surface area (Å²) in [5, 5.41) is 9.98. The van der Waals surface area contributed by atoms with Gasteiger partial charge in [-0.15, -0.1) is 0 Å². The highest BCUT2D eigenvalue weighted by atomic mass is 16.5. The van der Waals surface area contributed by atoms with Crippen LogP contribution in [0.2, 0.25) is 0 Å². The highest BCUT2D eigenvalue weighted by Gasteiger charge is 2.18. The molecule has 1 atom stereocenters. The molecule has 0 saturated carbocycles. The minimum Gasteiger partial charge on any atom is -0.493 e. The monoisotopic (exact) mass is 365 g/mol. The lowest BCUT2D eigenvalue weighted by atomic mass is 10.0. The maximum atomic E-state index is 12.8. The van der Waals surface area contributed by atoms with Crippen molar-refractivity contribution in [3.05, 3.63) is 65.4 Å². The van der Waals surface area contributed by atoms with Crippen LogP contribution in [-0.4, -0.2) is 30.3 Å². The van der Waals surface area contributed by atoms with Gasteiger partial charge in [-0.3, -0.25) is 9.89 Å². The van der Waals surface area contributed by atoms with Crippen molar-refractivity contribution in [1.29, 1.82) is 0 Å². The molecule has 3 aromatic rings. The maximum Gasteiger partial charge on any atom is 0.255 e. The van der Waals surface area contributed by atoms with Crippen molar-refractivity contribution >= 4 is 5.91 Å². The number of hydrogen-bond donors (Lipinski definition) is 2. The fourth-order valence-electron chi connectivity index (χ4n) is 2.88. The van der Waals surface area contributed by atoms with Gasteiger partial charge in [0, 0.05) is 5.56 Å². The number of carbonyl (C=O) groups excluding carboxylic acids is 1. The molecule has 0 aliphatic heterocycles. The smallest absolute Gasteiger partial charge is 0.255 e. The highest BCUT2D eigenvalue weighted by molar-refractivity contribution is 5.99. The van der Waals surface area contributed by atoms with E-state index >= 15 is 0 Å². The second-order valence-corrected chi connectivity index (χ2v) is 6.33. The molecule has 0 saturated heterocycles. The van der Waals surface area contributed by atoms with Gasteiger partial charge in [-0.1, -0.05) is 35.9 Å². The van der Waals surface area contributed by atoms with Crippen molar-refractivity contribution in [2.75, 3.05) is 14.2 Å². The zero-order chi connectivity index (χ0) is 19.4. The maximum absolute atomic E-state index is 12.8. The van der Waals surface area contributed by atoms with Crippen LogP contribution >= 0.6 is 0 Å². The average Bonchev–Trinajstić information content (AvgIpc) is 3.17. The van der Waals surface area contributed by atoms with E-state index in [0.29, 0.717) is 22.8 Å². The number of nitrogens with one attached hydrogen (secondary N) is 2. The van der Waals surface area contributed by atoms with Crippen molar-refractivity contribution in [3.8, 4) is 22.8 Å². The third-order valence-electron chi connectivity index (χ3n) is 4.48. The summed E-state index contributed by atoms with van der Waals surface area (Å²) in [5.74, 6) is 1.08. The molecule has 2 N–H and O–H groups in total. The van der Waals surface area contributed by atoms with Crippen LogP contribution in [0.4, 0.5) is 0 Å². The second-order valence-electron chi connectivity index (χ2n) is 6.33. The van der Waals surface area contributed by atoms with Gasteiger partial charge in [-0.25, -0.2) is 0 Å². The van der Waals surface area contributed by atoms with Crippen molar-refractivity contribution < 1.29 is 14.3 Å². The summed E-state index contributed by atoms with van der Waals surface area (Å²) in [6.07, 6.45) is 1.55. The van der Waals surface area contributed by atoms with Crippen molar-refractivity contribution in [2.45, 2.75) is 19.9 Å². The lowest BCUT2D eigenvalue weighted by Gasteiger charge is -2.16. The molecule has 1 amide bonds. The number of aromatic nitrogens is 2. The Morgan fingerprint density at radius 3 is 2.44 bits per heavy atom. The van der Waals surface area contributed by atoms with E-state index in [-0.39, 0.29) is 11.9 Å². The van der Waals surface area contributed by atoms with Gasteiger partial charge in [0.05, 0.1) is 37.7 Å². The second kappa shape index (κ2) is 7.95. The van der Waals surface area contributed by atoms with Gasteiger partial charge in [0.1, 0.15) is 0 Å². The third kappa shape index (κ3) is 3.95. The van der Waals surface area contributed by atoms with Gasteiger partial charge < -0.3 is 14.8 Å². The van der Waals surface area contributed by atoms with Gasteiger partial charge in [0.25, 0.3) is 5.91 Å². The van der Waals surface area contributed by atoms with Gasteiger partial charge in [0.15, 0.2) is 11.5 Å². The fourth-order valence-corrected chi connectivity index (χ4v) is 2.88. The van der Waals surface area contributed by atoms with Gasteiger partial charge in [-0.05, 0) is 31.5 Å². The van der Waals surface area contributed by atoms with Gasteiger partial charge in [-0.2, -0.15) is 5.10 Å². The lowest BCUT2D eigenvalue weighted by Crippen LogP contribution is -2.26. The Labute approximate surface area is 158 Å². The molecule has 1 heterocycles. The van der Waals surface area contributed by atoms with Crippen LogP contribution in [0, 0.1) is 6.92 Å². The molecule has 0 aliphatic carbocycles. The standard InChI is InChI=1S/C21H23N3O3/c1-13-5-7-15(8-6-13)20-17(12-22-24-20)21(25)23-14(2)16-9-10-18(26-3)19(11-16)27-4/h5-12,14H,1-4H3,(H,22,24)(H,23,25)/t14-/m1/s1. The lowest BCUT2D eigenvalue weighted by molar-refractivity contribution is 0.0940. The van der Waals surface area contributed by atoms with Crippen LogP contribution in [0.5, 0.6) is 11.5 Å². The molecule has 1 aromatic heterocycles. The predicted molar refractivity (Wildman–Crippen MR) is 104 cm³/mol. The topological polar surface area (TPSA) is 76.2 Å². The molecule has 0 radical (unpaired) electrons. The minimum atomic E-state index is -0.210. The van der Waals surface area contributed by atoms with Gasteiger partial charge in [0.2, 0.25) is 0 Å². The van der Waals surface area contributed by atoms with Crippen LogP contribution in [0.3, 0.4) is 0 Å². The molecule has 27 heavy (non-hydrogen) atoms. The number of hydrogen-bond acceptors (Lipinski definition) is 4. The predicted octanol–water partition coefficient (Wildman–Crippen LogP) is 3.89. The molecule has 0 spiro atoms. The number of rotatable bonds is 6. The first-order valence-electron chi connectivity index (χ1n) is 8.66. The molecule has 0 fully saturated rings. The molecular weight excluding hydrogens is 342 g/mol. The Kier molecular flexibility index (Phi) is 5.45. The number of amides is 1. The Morgan fingerprint density at radius 2 is 1.78 bits per heavy atom. The zero-order valence-corrected chi connectivity index (χ0v) is 15.9. The first-order valence-corrected chi connectivity index (χ1v) is 8.66. The number of carbonyl (C=O) groups is 1. The largest absolute Gasteiger partial charge is 0.493 e. The number of ether oxygens (including phenoxy) is 2. The number of methoxy groups -OCH3 is 2. The van der Waals surface area contributed by atoms with Crippen molar-refractivity contribution in [1.82, 2.24) is 15.5 Å². The van der Waals surface area contributed by atoms with Crippen LogP contribution in [-0.2, 0) is 0 Å². The minimum absolute atomic E-state index is 0.193. The molecule has 140 valence electrons. The number of aromatic amines is 1. The van der Waals surface area contributed by atoms with E-state index in [2.05, 4.69) is 15.5 Å². The van der Waals surface area contributed by atoms with E-state index in [9.17, 15) is 4.79 Å². The molecule has 3 rings (SSSR count).